The molecule has 0 N–H and O–H groups in total. The Labute approximate surface area is 214 Å². The molecule has 0 atom stereocenters. The third kappa shape index (κ3) is 3.25. The maximum absolute atomic E-state index is 13.0. The minimum Gasteiger partial charge on any atom is -0.406 e. The van der Waals surface area contributed by atoms with Gasteiger partial charge in [-0.1, -0.05) is 24.3 Å². The standard InChI is InChI=1S/C29H14F3N3OS/c1-14(11-33)22-20-8-6-15-4-2-3-5-18(15)24(20)26-25-19-9-7-17(36-29(30,31)32)10-21(19)23(16(12-34)13-35)28(25)37-27(22)26/h2,4,6-10H,3,5H2,1H3/b22-14+. The number of nitrogens with zero attached hydrogens (tertiary/aromatic N) is 3. The van der Waals surface area contributed by atoms with Gasteiger partial charge >= 0.3 is 6.36 Å². The number of rotatable bonds is 1. The topological polar surface area (TPSA) is 80.6 Å². The molecule has 3 aliphatic carbocycles. The number of alkyl halides is 3. The van der Waals surface area contributed by atoms with E-state index in [9.17, 15) is 29.0 Å². The highest BCUT2D eigenvalue weighted by Gasteiger charge is 2.41. The number of nitriles is 3. The molecule has 4 nitrogen and oxygen atoms in total. The smallest absolute Gasteiger partial charge is 0.406 e. The van der Waals surface area contributed by atoms with Crippen LogP contribution in [0.25, 0.3) is 39.5 Å². The van der Waals surface area contributed by atoms with Crippen LogP contribution >= 0.6 is 11.3 Å². The van der Waals surface area contributed by atoms with Crippen molar-refractivity contribution < 1.29 is 17.9 Å². The maximum atomic E-state index is 13.0. The van der Waals surface area contributed by atoms with Gasteiger partial charge in [-0.25, -0.2) is 0 Å². The van der Waals surface area contributed by atoms with Gasteiger partial charge in [0.2, 0.25) is 0 Å². The fraction of sp³-hybridized carbons (Fsp3) is 0.138. The van der Waals surface area contributed by atoms with Gasteiger partial charge in [0.15, 0.2) is 0 Å². The molecule has 3 aliphatic rings. The van der Waals surface area contributed by atoms with Crippen molar-refractivity contribution in [1.82, 2.24) is 0 Å². The first-order valence-corrected chi connectivity index (χ1v) is 12.2. The molecule has 1 heterocycles. The van der Waals surface area contributed by atoms with Crippen molar-refractivity contribution >= 4 is 28.6 Å². The van der Waals surface area contributed by atoms with Crippen molar-refractivity contribution in [3.63, 3.8) is 0 Å². The van der Waals surface area contributed by atoms with Crippen molar-refractivity contribution in [3.8, 4) is 46.2 Å². The highest BCUT2D eigenvalue weighted by atomic mass is 32.1. The third-order valence-electron chi connectivity index (χ3n) is 6.87. The van der Waals surface area contributed by atoms with E-state index in [1.807, 2.05) is 18.2 Å². The lowest BCUT2D eigenvalue weighted by molar-refractivity contribution is -0.274. The van der Waals surface area contributed by atoms with Crippen LogP contribution in [-0.2, 0) is 6.42 Å². The van der Waals surface area contributed by atoms with E-state index in [1.165, 1.54) is 23.5 Å². The number of hydrogen-bond acceptors (Lipinski definition) is 5. The molecule has 178 valence electrons. The molecule has 0 saturated heterocycles. The van der Waals surface area contributed by atoms with Gasteiger partial charge in [0.25, 0.3) is 0 Å². The van der Waals surface area contributed by atoms with E-state index >= 15 is 0 Å². The number of allylic oxidation sites excluding steroid dienone is 3. The lowest BCUT2D eigenvalue weighted by Gasteiger charge is -2.17. The van der Waals surface area contributed by atoms with Crippen LogP contribution < -0.4 is 4.74 Å². The molecule has 37 heavy (non-hydrogen) atoms. The minimum atomic E-state index is -4.88. The third-order valence-corrected chi connectivity index (χ3v) is 8.09. The SMILES string of the molecule is C/C(C#N)=C1/c2ccc3c(c2-c2c1sc1c2-c2ccc(OC(F)(F)F)cc2C1=C(C#N)C#N)CCC=C3. The molecule has 6 rings (SSSR count). The predicted octanol–water partition coefficient (Wildman–Crippen LogP) is 7.76. The predicted molar refractivity (Wildman–Crippen MR) is 134 cm³/mol. The monoisotopic (exact) mass is 509 g/mol. The lowest BCUT2D eigenvalue weighted by atomic mass is 9.87. The summed E-state index contributed by atoms with van der Waals surface area (Å²) in [7, 11) is 0. The van der Waals surface area contributed by atoms with Crippen LogP contribution in [-0.4, -0.2) is 6.36 Å². The van der Waals surface area contributed by atoms with E-state index in [0.29, 0.717) is 27.2 Å². The fourth-order valence-corrected chi connectivity index (χ4v) is 7.01. The van der Waals surface area contributed by atoms with E-state index < -0.39 is 12.1 Å². The Kier molecular flexibility index (Phi) is 4.92. The van der Waals surface area contributed by atoms with Crippen LogP contribution in [0.5, 0.6) is 5.75 Å². The molecular weight excluding hydrogens is 495 g/mol. The van der Waals surface area contributed by atoms with Gasteiger partial charge in [0.1, 0.15) is 23.5 Å². The molecule has 0 saturated carbocycles. The summed E-state index contributed by atoms with van der Waals surface area (Å²) in [6.45, 7) is 1.76. The fourth-order valence-electron chi connectivity index (χ4n) is 5.50. The molecule has 0 aliphatic heterocycles. The van der Waals surface area contributed by atoms with Gasteiger partial charge in [-0.2, -0.15) is 15.8 Å². The largest absolute Gasteiger partial charge is 0.573 e. The van der Waals surface area contributed by atoms with Crippen LogP contribution in [0, 0.1) is 34.0 Å². The van der Waals surface area contributed by atoms with Gasteiger partial charge in [0.05, 0.1) is 6.07 Å². The van der Waals surface area contributed by atoms with E-state index in [4.69, 9.17) is 0 Å². The number of hydrogen-bond donors (Lipinski definition) is 0. The zero-order chi connectivity index (χ0) is 26.1. The highest BCUT2D eigenvalue weighted by Crippen LogP contribution is 2.62. The normalized spacial score (nSPS) is 15.4. The summed E-state index contributed by atoms with van der Waals surface area (Å²) in [6.07, 6.45) is 0.996. The van der Waals surface area contributed by atoms with E-state index in [2.05, 4.69) is 29.0 Å². The highest BCUT2D eigenvalue weighted by molar-refractivity contribution is 7.16. The second-order valence-corrected chi connectivity index (χ2v) is 9.87. The molecular formula is C29H14F3N3OS. The molecule has 0 unspecified atom stereocenters. The maximum Gasteiger partial charge on any atom is 0.573 e. The van der Waals surface area contributed by atoms with E-state index in [-0.39, 0.29) is 5.57 Å². The number of benzene rings is 2. The number of fused-ring (bicyclic) bond motifs is 9. The van der Waals surface area contributed by atoms with Gasteiger partial charge in [-0.15, -0.1) is 24.5 Å². The molecule has 8 heteroatoms. The second-order valence-electron chi connectivity index (χ2n) is 8.85. The average molecular weight is 510 g/mol. The average Bonchev–Trinajstić information content (AvgIpc) is 3.49. The zero-order valence-corrected chi connectivity index (χ0v) is 20.1. The van der Waals surface area contributed by atoms with Gasteiger partial charge < -0.3 is 4.74 Å². The summed E-state index contributed by atoms with van der Waals surface area (Å²) in [6, 6.07) is 14.2. The second kappa shape index (κ2) is 7.96. The first-order valence-electron chi connectivity index (χ1n) is 11.3. The quantitative estimate of drug-likeness (QED) is 0.216. The molecule has 0 radical (unpaired) electrons. The van der Waals surface area contributed by atoms with E-state index in [1.54, 1.807) is 13.0 Å². The van der Waals surface area contributed by atoms with E-state index in [0.717, 1.165) is 56.7 Å². The van der Waals surface area contributed by atoms with Crippen molar-refractivity contribution in [1.29, 1.82) is 15.8 Å². The van der Waals surface area contributed by atoms with Crippen LogP contribution in [0.4, 0.5) is 13.2 Å². The van der Waals surface area contributed by atoms with Crippen LogP contribution in [0.3, 0.4) is 0 Å². The van der Waals surface area contributed by atoms with Crippen molar-refractivity contribution in [2.24, 2.45) is 0 Å². The molecule has 0 fully saturated rings. The van der Waals surface area contributed by atoms with Crippen LogP contribution in [0.15, 0.2) is 47.6 Å². The number of thiophene rings is 1. The molecule has 0 bridgehead atoms. The Morgan fingerprint density at radius 3 is 2.32 bits per heavy atom. The van der Waals surface area contributed by atoms with Crippen LogP contribution in [0.2, 0.25) is 0 Å². The Morgan fingerprint density at radius 2 is 1.62 bits per heavy atom. The molecule has 0 spiro atoms. The number of ether oxygens (including phenoxy) is 1. The molecule has 2 aromatic carbocycles. The Hall–Kier alpha value is -4.58. The first kappa shape index (κ1) is 22.9. The first-order chi connectivity index (χ1) is 17.8. The summed E-state index contributed by atoms with van der Waals surface area (Å²) >= 11 is 1.36. The lowest BCUT2D eigenvalue weighted by Crippen LogP contribution is -2.17. The Balaban J connectivity index is 1.73. The minimum absolute atomic E-state index is 0.190. The summed E-state index contributed by atoms with van der Waals surface area (Å²) in [5.41, 5.74) is 8.33. The molecule has 1 aromatic heterocycles. The van der Waals surface area contributed by atoms with Crippen molar-refractivity contribution in [2.75, 3.05) is 0 Å². The van der Waals surface area contributed by atoms with Crippen LogP contribution in [0.1, 0.15) is 45.4 Å². The summed E-state index contributed by atoms with van der Waals surface area (Å²) < 4.78 is 43.1. The molecule has 3 aromatic rings. The molecule has 0 amide bonds. The van der Waals surface area contributed by atoms with Crippen molar-refractivity contribution in [2.45, 2.75) is 26.1 Å². The number of halogens is 3. The summed E-state index contributed by atoms with van der Waals surface area (Å²) in [4.78, 5) is 1.51. The zero-order valence-electron chi connectivity index (χ0n) is 19.2. The van der Waals surface area contributed by atoms with Gasteiger partial charge in [-0.05, 0) is 71.3 Å². The Bertz CT molecular complexity index is 1770. The van der Waals surface area contributed by atoms with Crippen molar-refractivity contribution in [3.05, 3.63) is 79.6 Å². The Morgan fingerprint density at radius 1 is 0.892 bits per heavy atom. The van der Waals surface area contributed by atoms with Gasteiger partial charge in [0, 0.05) is 37.6 Å². The van der Waals surface area contributed by atoms with Gasteiger partial charge in [-0.3, -0.25) is 0 Å². The summed E-state index contributed by atoms with van der Waals surface area (Å²) in [5.74, 6) is -0.422. The summed E-state index contributed by atoms with van der Waals surface area (Å²) in [5, 5.41) is 29.3.